The monoisotopic (exact) mass is 477 g/mol. The van der Waals surface area contributed by atoms with Crippen molar-refractivity contribution in [2.75, 3.05) is 11.6 Å². The summed E-state index contributed by atoms with van der Waals surface area (Å²) in [4.78, 5) is 27.6. The van der Waals surface area contributed by atoms with Crippen LogP contribution in [0.4, 0.5) is 5.69 Å². The first-order chi connectivity index (χ1) is 17.5. The van der Waals surface area contributed by atoms with Crippen LogP contribution < -0.4 is 10.4 Å². The topological polar surface area (TPSA) is 82.4 Å². The summed E-state index contributed by atoms with van der Waals surface area (Å²) in [5.74, 6) is -2.49. The number of allylic oxidation sites excluding steroid dienone is 2. The zero-order chi connectivity index (χ0) is 25.7. The number of esters is 1. The SMILES string of the molecule is C=C(C#N)C(C1=C(C)NN(c2ccccc2)C(=O)C1C(=O)OCC)(c1ccccc1)c1ccccc1. The zero-order valence-electron chi connectivity index (χ0n) is 20.3. The van der Waals surface area contributed by atoms with E-state index >= 15 is 0 Å². The molecule has 3 aromatic carbocycles. The number of rotatable bonds is 7. The van der Waals surface area contributed by atoms with E-state index in [1.807, 2.05) is 78.9 Å². The molecule has 1 aliphatic rings. The Labute approximate surface area is 211 Å². The molecule has 180 valence electrons. The lowest BCUT2D eigenvalue weighted by Gasteiger charge is -2.44. The van der Waals surface area contributed by atoms with E-state index in [9.17, 15) is 14.9 Å². The summed E-state index contributed by atoms with van der Waals surface area (Å²) in [6.45, 7) is 7.76. The normalized spacial score (nSPS) is 15.6. The predicted molar refractivity (Wildman–Crippen MR) is 138 cm³/mol. The highest BCUT2D eigenvalue weighted by Crippen LogP contribution is 2.50. The number of benzene rings is 3. The number of nitrogens with zero attached hydrogens (tertiary/aromatic N) is 2. The summed E-state index contributed by atoms with van der Waals surface area (Å²) < 4.78 is 5.43. The third kappa shape index (κ3) is 4.05. The minimum Gasteiger partial charge on any atom is -0.465 e. The van der Waals surface area contributed by atoms with Gasteiger partial charge in [-0.05, 0) is 42.7 Å². The average Bonchev–Trinajstić information content (AvgIpc) is 2.92. The van der Waals surface area contributed by atoms with Crippen LogP contribution in [0.3, 0.4) is 0 Å². The first-order valence-electron chi connectivity index (χ1n) is 11.7. The van der Waals surface area contributed by atoms with Crippen LogP contribution in [0.25, 0.3) is 0 Å². The molecule has 0 fully saturated rings. The van der Waals surface area contributed by atoms with Crippen molar-refractivity contribution in [2.45, 2.75) is 19.3 Å². The van der Waals surface area contributed by atoms with Gasteiger partial charge in [-0.25, -0.2) is 5.01 Å². The Hall–Kier alpha value is -4.63. The number of hydrogen-bond acceptors (Lipinski definition) is 5. The molecule has 1 aliphatic heterocycles. The fourth-order valence-corrected chi connectivity index (χ4v) is 4.91. The van der Waals surface area contributed by atoms with Crippen molar-refractivity contribution >= 4 is 17.6 Å². The van der Waals surface area contributed by atoms with Gasteiger partial charge in [0, 0.05) is 11.3 Å². The number of nitrogens with one attached hydrogen (secondary N) is 1. The number of ether oxygens (including phenoxy) is 1. The van der Waals surface area contributed by atoms with Crippen LogP contribution in [-0.2, 0) is 19.7 Å². The highest BCUT2D eigenvalue weighted by molar-refractivity contribution is 6.10. The molecular weight excluding hydrogens is 450 g/mol. The van der Waals surface area contributed by atoms with Gasteiger partial charge in [0.1, 0.15) is 0 Å². The number of hydrogen-bond donors (Lipinski definition) is 1. The molecular formula is C30H27N3O3. The molecule has 0 aromatic heterocycles. The van der Waals surface area contributed by atoms with Gasteiger partial charge in [0.05, 0.1) is 23.8 Å². The van der Waals surface area contributed by atoms with E-state index in [1.165, 1.54) is 5.01 Å². The lowest BCUT2D eigenvalue weighted by molar-refractivity contribution is -0.150. The van der Waals surface area contributed by atoms with Crippen LogP contribution in [0.15, 0.2) is 114 Å². The van der Waals surface area contributed by atoms with E-state index in [4.69, 9.17) is 4.74 Å². The Bertz CT molecular complexity index is 1300. The molecule has 6 heteroatoms. The third-order valence-corrected chi connectivity index (χ3v) is 6.38. The van der Waals surface area contributed by atoms with Crippen molar-refractivity contribution in [1.82, 2.24) is 5.43 Å². The molecule has 1 amide bonds. The molecule has 1 atom stereocenters. The molecule has 0 bridgehead atoms. The van der Waals surface area contributed by atoms with Crippen LogP contribution in [0.1, 0.15) is 25.0 Å². The number of nitriles is 1. The minimum atomic E-state index is -1.31. The van der Waals surface area contributed by atoms with E-state index in [0.717, 1.165) is 0 Å². The minimum absolute atomic E-state index is 0.108. The molecule has 1 N–H and O–H groups in total. The van der Waals surface area contributed by atoms with Gasteiger partial charge in [-0.1, -0.05) is 85.4 Å². The van der Waals surface area contributed by atoms with Crippen molar-refractivity contribution in [3.8, 4) is 6.07 Å². The molecule has 6 nitrogen and oxygen atoms in total. The Balaban J connectivity index is 2.08. The van der Waals surface area contributed by atoms with Crippen molar-refractivity contribution in [2.24, 2.45) is 5.92 Å². The fourth-order valence-electron chi connectivity index (χ4n) is 4.91. The number of amides is 1. The van der Waals surface area contributed by atoms with Crippen molar-refractivity contribution in [1.29, 1.82) is 5.26 Å². The summed E-state index contributed by atoms with van der Waals surface area (Å²) in [6.07, 6.45) is 0. The fraction of sp³-hybridized carbons (Fsp3) is 0.167. The molecule has 36 heavy (non-hydrogen) atoms. The van der Waals surface area contributed by atoms with Gasteiger partial charge < -0.3 is 4.74 Å². The van der Waals surface area contributed by atoms with E-state index in [0.29, 0.717) is 28.1 Å². The van der Waals surface area contributed by atoms with Crippen molar-refractivity contribution in [3.05, 3.63) is 126 Å². The van der Waals surface area contributed by atoms with Gasteiger partial charge >= 0.3 is 5.97 Å². The first kappa shape index (κ1) is 24.5. The van der Waals surface area contributed by atoms with E-state index in [1.54, 1.807) is 26.0 Å². The molecule has 0 spiro atoms. The van der Waals surface area contributed by atoms with Gasteiger partial charge in [0.2, 0.25) is 0 Å². The second kappa shape index (κ2) is 10.3. The molecule has 4 rings (SSSR count). The van der Waals surface area contributed by atoms with E-state index < -0.39 is 23.2 Å². The number of carbonyl (C=O) groups excluding carboxylic acids is 2. The van der Waals surface area contributed by atoms with Crippen LogP contribution in [0.5, 0.6) is 0 Å². The van der Waals surface area contributed by atoms with Crippen molar-refractivity contribution in [3.63, 3.8) is 0 Å². The molecule has 1 heterocycles. The van der Waals surface area contributed by atoms with Gasteiger partial charge in [-0.3, -0.25) is 15.0 Å². The maximum atomic E-state index is 14.0. The van der Waals surface area contributed by atoms with Gasteiger partial charge in [0.25, 0.3) is 5.91 Å². The lowest BCUT2D eigenvalue weighted by Crippen LogP contribution is -2.56. The summed E-state index contributed by atoms with van der Waals surface area (Å²) in [5, 5.41) is 11.6. The Morgan fingerprint density at radius 3 is 1.97 bits per heavy atom. The Morgan fingerprint density at radius 2 is 1.50 bits per heavy atom. The van der Waals surface area contributed by atoms with Crippen LogP contribution in [-0.4, -0.2) is 18.5 Å². The summed E-state index contributed by atoms with van der Waals surface area (Å²) >= 11 is 0. The van der Waals surface area contributed by atoms with Gasteiger partial charge in [0.15, 0.2) is 5.92 Å². The molecule has 0 radical (unpaired) electrons. The largest absolute Gasteiger partial charge is 0.465 e. The summed E-state index contributed by atoms with van der Waals surface area (Å²) in [5.41, 5.74) is 5.08. The third-order valence-electron chi connectivity index (χ3n) is 6.38. The summed E-state index contributed by atoms with van der Waals surface area (Å²) in [7, 11) is 0. The highest BCUT2D eigenvalue weighted by Gasteiger charge is 2.53. The quantitative estimate of drug-likeness (QED) is 0.292. The van der Waals surface area contributed by atoms with E-state index in [2.05, 4.69) is 18.1 Å². The number of hydrazine groups is 1. The second-order valence-electron chi connectivity index (χ2n) is 8.42. The second-order valence-corrected chi connectivity index (χ2v) is 8.42. The zero-order valence-corrected chi connectivity index (χ0v) is 20.3. The Kier molecular flexibility index (Phi) is 7.03. The van der Waals surface area contributed by atoms with Gasteiger partial charge in [-0.2, -0.15) is 5.26 Å². The maximum absolute atomic E-state index is 14.0. The molecule has 0 saturated carbocycles. The van der Waals surface area contributed by atoms with Crippen LogP contribution in [0.2, 0.25) is 0 Å². The van der Waals surface area contributed by atoms with Crippen LogP contribution in [0, 0.1) is 17.2 Å². The molecule has 3 aromatic rings. The van der Waals surface area contributed by atoms with E-state index in [-0.39, 0.29) is 12.2 Å². The first-order valence-corrected chi connectivity index (χ1v) is 11.7. The van der Waals surface area contributed by atoms with Crippen LogP contribution >= 0.6 is 0 Å². The lowest BCUT2D eigenvalue weighted by atomic mass is 9.60. The molecule has 1 unspecified atom stereocenters. The maximum Gasteiger partial charge on any atom is 0.322 e. The summed E-state index contributed by atoms with van der Waals surface area (Å²) in [6, 6.07) is 30.0. The van der Waals surface area contributed by atoms with Crippen molar-refractivity contribution < 1.29 is 14.3 Å². The van der Waals surface area contributed by atoms with Gasteiger partial charge in [-0.15, -0.1) is 0 Å². The smallest absolute Gasteiger partial charge is 0.322 e. The molecule has 0 aliphatic carbocycles. The number of para-hydroxylation sites is 1. The predicted octanol–water partition coefficient (Wildman–Crippen LogP) is 5.06. The molecule has 0 saturated heterocycles. The average molecular weight is 478 g/mol. The standard InChI is InChI=1S/C30H27N3O3/c1-4-36-29(35)26-27(22(3)32-33(28(26)34)25-18-12-7-13-19-25)30(21(2)20-31,23-14-8-5-9-15-23)24-16-10-6-11-17-24/h5-19,26,32H,2,4H2,1,3H3. The highest BCUT2D eigenvalue weighted by atomic mass is 16.5. The Morgan fingerprint density at radius 1 is 1.00 bits per heavy atom. The number of anilines is 1. The number of carbonyl (C=O) groups is 2.